The second-order valence-electron chi connectivity index (χ2n) is 3.61. The fourth-order valence-corrected chi connectivity index (χ4v) is 1.50. The Labute approximate surface area is 88.4 Å². The van der Waals surface area contributed by atoms with E-state index in [1.807, 2.05) is 4.90 Å². The Hall–Kier alpha value is -1.23. The number of ketones is 2. The summed E-state index contributed by atoms with van der Waals surface area (Å²) < 4.78 is 4.39. The van der Waals surface area contributed by atoms with Crippen LogP contribution in [0.3, 0.4) is 0 Å². The SMILES string of the molecule is COC(=O)CC(=O)CN1CCC(=O)CC1. The minimum absolute atomic E-state index is 0.156. The van der Waals surface area contributed by atoms with Crippen molar-refractivity contribution in [2.45, 2.75) is 19.3 Å². The van der Waals surface area contributed by atoms with Gasteiger partial charge in [0.05, 0.1) is 13.7 Å². The molecule has 1 fully saturated rings. The van der Waals surface area contributed by atoms with E-state index in [4.69, 9.17) is 0 Å². The number of hydrogen-bond acceptors (Lipinski definition) is 5. The normalized spacial score (nSPS) is 17.5. The maximum Gasteiger partial charge on any atom is 0.313 e. The van der Waals surface area contributed by atoms with Crippen molar-refractivity contribution in [3.63, 3.8) is 0 Å². The Kier molecular flexibility index (Phi) is 4.42. The van der Waals surface area contributed by atoms with Gasteiger partial charge in [0.15, 0.2) is 5.78 Å². The lowest BCUT2D eigenvalue weighted by Crippen LogP contribution is -2.38. The summed E-state index contributed by atoms with van der Waals surface area (Å²) in [5, 5.41) is 0. The van der Waals surface area contributed by atoms with E-state index in [2.05, 4.69) is 4.74 Å². The van der Waals surface area contributed by atoms with Crippen LogP contribution in [0.25, 0.3) is 0 Å². The van der Waals surface area contributed by atoms with E-state index in [-0.39, 0.29) is 24.5 Å². The van der Waals surface area contributed by atoms with E-state index in [9.17, 15) is 14.4 Å². The topological polar surface area (TPSA) is 63.7 Å². The molecule has 84 valence electrons. The van der Waals surface area contributed by atoms with Gasteiger partial charge in [-0.05, 0) is 0 Å². The fourth-order valence-electron chi connectivity index (χ4n) is 1.50. The lowest BCUT2D eigenvalue weighted by Gasteiger charge is -2.24. The van der Waals surface area contributed by atoms with Crippen molar-refractivity contribution >= 4 is 17.5 Å². The van der Waals surface area contributed by atoms with E-state index in [1.54, 1.807) is 0 Å². The second-order valence-corrected chi connectivity index (χ2v) is 3.61. The average molecular weight is 213 g/mol. The summed E-state index contributed by atoms with van der Waals surface area (Å²) in [7, 11) is 1.26. The molecule has 0 saturated carbocycles. The molecule has 1 aliphatic rings. The van der Waals surface area contributed by atoms with Crippen LogP contribution in [0.5, 0.6) is 0 Å². The smallest absolute Gasteiger partial charge is 0.313 e. The maximum absolute atomic E-state index is 11.3. The van der Waals surface area contributed by atoms with Gasteiger partial charge in [0.1, 0.15) is 12.2 Å². The summed E-state index contributed by atoms with van der Waals surface area (Å²) in [5.41, 5.74) is 0. The van der Waals surface area contributed by atoms with Crippen LogP contribution in [-0.2, 0) is 19.1 Å². The van der Waals surface area contributed by atoms with Gasteiger partial charge in [-0.1, -0.05) is 0 Å². The van der Waals surface area contributed by atoms with Crippen molar-refractivity contribution in [1.29, 1.82) is 0 Å². The highest BCUT2D eigenvalue weighted by molar-refractivity contribution is 5.96. The molecule has 15 heavy (non-hydrogen) atoms. The number of rotatable bonds is 4. The maximum atomic E-state index is 11.3. The van der Waals surface area contributed by atoms with Gasteiger partial charge >= 0.3 is 5.97 Å². The van der Waals surface area contributed by atoms with Gasteiger partial charge in [0.25, 0.3) is 0 Å². The van der Waals surface area contributed by atoms with Crippen LogP contribution in [0.15, 0.2) is 0 Å². The van der Waals surface area contributed by atoms with Gasteiger partial charge in [0, 0.05) is 25.9 Å². The molecule has 1 heterocycles. The van der Waals surface area contributed by atoms with Crippen molar-refractivity contribution in [2.24, 2.45) is 0 Å². The third-order valence-electron chi connectivity index (χ3n) is 2.38. The molecule has 0 amide bonds. The number of ether oxygens (including phenoxy) is 1. The molecule has 0 N–H and O–H groups in total. The molecule has 1 aliphatic heterocycles. The first-order valence-corrected chi connectivity index (χ1v) is 4.94. The summed E-state index contributed by atoms with van der Waals surface area (Å²) in [6.45, 7) is 1.47. The number of piperidine rings is 1. The molecule has 0 radical (unpaired) electrons. The number of nitrogens with zero attached hydrogens (tertiary/aromatic N) is 1. The molecule has 0 aromatic heterocycles. The predicted octanol–water partition coefficient (Wildman–Crippen LogP) is -0.217. The minimum Gasteiger partial charge on any atom is -0.469 e. The van der Waals surface area contributed by atoms with Crippen molar-refractivity contribution in [2.75, 3.05) is 26.7 Å². The molecule has 0 aromatic rings. The number of esters is 1. The quantitative estimate of drug-likeness (QED) is 0.477. The molecule has 0 unspecified atom stereocenters. The van der Waals surface area contributed by atoms with Gasteiger partial charge < -0.3 is 4.74 Å². The third-order valence-corrected chi connectivity index (χ3v) is 2.38. The third kappa shape index (κ3) is 4.20. The second kappa shape index (κ2) is 5.60. The number of likely N-dealkylation sites (tertiary alicyclic amines) is 1. The summed E-state index contributed by atoms with van der Waals surface area (Å²) in [6, 6.07) is 0. The van der Waals surface area contributed by atoms with Crippen LogP contribution in [0.1, 0.15) is 19.3 Å². The largest absolute Gasteiger partial charge is 0.469 e. The lowest BCUT2D eigenvalue weighted by atomic mass is 10.1. The highest BCUT2D eigenvalue weighted by atomic mass is 16.5. The zero-order valence-electron chi connectivity index (χ0n) is 8.82. The van der Waals surface area contributed by atoms with E-state index in [0.29, 0.717) is 25.9 Å². The first-order chi connectivity index (χ1) is 7.11. The van der Waals surface area contributed by atoms with Crippen molar-refractivity contribution in [1.82, 2.24) is 4.90 Å². The van der Waals surface area contributed by atoms with Gasteiger partial charge in [-0.15, -0.1) is 0 Å². The Morgan fingerprint density at radius 1 is 1.33 bits per heavy atom. The van der Waals surface area contributed by atoms with Crippen molar-refractivity contribution < 1.29 is 19.1 Å². The number of methoxy groups -OCH3 is 1. The first-order valence-electron chi connectivity index (χ1n) is 4.94. The van der Waals surface area contributed by atoms with Crippen LogP contribution >= 0.6 is 0 Å². The van der Waals surface area contributed by atoms with Crippen LogP contribution in [-0.4, -0.2) is 49.2 Å². The summed E-state index contributed by atoms with van der Waals surface area (Å²) in [6.07, 6.45) is 0.831. The Morgan fingerprint density at radius 3 is 2.47 bits per heavy atom. The fraction of sp³-hybridized carbons (Fsp3) is 0.700. The van der Waals surface area contributed by atoms with Crippen LogP contribution in [0, 0.1) is 0 Å². The molecule has 5 nitrogen and oxygen atoms in total. The summed E-state index contributed by atoms with van der Waals surface area (Å²) in [5.74, 6) is -0.420. The predicted molar refractivity (Wildman–Crippen MR) is 52.3 cm³/mol. The van der Waals surface area contributed by atoms with Gasteiger partial charge in [0.2, 0.25) is 0 Å². The van der Waals surface area contributed by atoms with E-state index >= 15 is 0 Å². The van der Waals surface area contributed by atoms with E-state index in [0.717, 1.165) is 0 Å². The monoisotopic (exact) mass is 213 g/mol. The molecule has 0 bridgehead atoms. The van der Waals surface area contributed by atoms with Crippen molar-refractivity contribution in [3.8, 4) is 0 Å². The van der Waals surface area contributed by atoms with Crippen LogP contribution in [0.2, 0.25) is 0 Å². The molecule has 0 atom stereocenters. The average Bonchev–Trinajstić information content (AvgIpc) is 2.21. The number of Topliss-reactive ketones (excluding diaryl/α,β-unsaturated/α-hetero) is 2. The highest BCUT2D eigenvalue weighted by Gasteiger charge is 2.19. The molecule has 1 rings (SSSR count). The van der Waals surface area contributed by atoms with Crippen LogP contribution in [0.4, 0.5) is 0 Å². The van der Waals surface area contributed by atoms with Crippen LogP contribution < -0.4 is 0 Å². The van der Waals surface area contributed by atoms with E-state index < -0.39 is 5.97 Å². The lowest BCUT2D eigenvalue weighted by molar-refractivity contribution is -0.143. The van der Waals surface area contributed by atoms with E-state index in [1.165, 1.54) is 7.11 Å². The molecular weight excluding hydrogens is 198 g/mol. The summed E-state index contributed by atoms with van der Waals surface area (Å²) >= 11 is 0. The Balaban J connectivity index is 2.26. The first kappa shape index (κ1) is 11.8. The molecule has 5 heteroatoms. The highest BCUT2D eigenvalue weighted by Crippen LogP contribution is 2.05. The minimum atomic E-state index is -0.506. The Bertz CT molecular complexity index is 265. The summed E-state index contributed by atoms with van der Waals surface area (Å²) in [4.78, 5) is 35.0. The van der Waals surface area contributed by atoms with Crippen molar-refractivity contribution in [3.05, 3.63) is 0 Å². The molecule has 0 aliphatic carbocycles. The molecular formula is C10H15NO4. The molecule has 0 aromatic carbocycles. The van der Waals surface area contributed by atoms with Gasteiger partial charge in [-0.3, -0.25) is 19.3 Å². The van der Waals surface area contributed by atoms with Gasteiger partial charge in [-0.25, -0.2) is 0 Å². The number of carbonyl (C=O) groups excluding carboxylic acids is 3. The standard InChI is InChI=1S/C10H15NO4/c1-15-10(14)6-9(13)7-11-4-2-8(12)3-5-11/h2-7H2,1H3. The number of carbonyl (C=O) groups is 3. The zero-order valence-corrected chi connectivity index (χ0v) is 8.82. The zero-order chi connectivity index (χ0) is 11.3. The molecule has 0 spiro atoms. The molecule has 1 saturated heterocycles. The number of hydrogen-bond donors (Lipinski definition) is 0. The van der Waals surface area contributed by atoms with Gasteiger partial charge in [-0.2, -0.15) is 0 Å². The Morgan fingerprint density at radius 2 is 1.93 bits per heavy atom.